The van der Waals surface area contributed by atoms with Gasteiger partial charge in [-0.05, 0) is 49.2 Å². The number of hydrogen-bond acceptors (Lipinski definition) is 3. The second-order valence-electron chi connectivity index (χ2n) is 7.60. The van der Waals surface area contributed by atoms with Crippen molar-refractivity contribution in [3.05, 3.63) is 58.9 Å². The number of carbonyl (C=O) groups is 1. The fourth-order valence-electron chi connectivity index (χ4n) is 3.05. The number of nitrogens with zero attached hydrogens (tertiary/aromatic N) is 1. The van der Waals surface area contributed by atoms with Crippen LogP contribution in [0.3, 0.4) is 0 Å². The highest BCUT2D eigenvalue weighted by Gasteiger charge is 2.33. The summed E-state index contributed by atoms with van der Waals surface area (Å²) in [5.74, 6) is -2.84. The molecule has 4 nitrogen and oxygen atoms in total. The van der Waals surface area contributed by atoms with Crippen LogP contribution in [0, 0.1) is 30.3 Å². The van der Waals surface area contributed by atoms with E-state index in [2.05, 4.69) is 24.5 Å². The van der Waals surface area contributed by atoms with Crippen LogP contribution in [-0.2, 0) is 0 Å². The van der Waals surface area contributed by atoms with E-state index in [-0.39, 0.29) is 23.0 Å². The number of rotatable bonds is 6. The van der Waals surface area contributed by atoms with E-state index in [4.69, 9.17) is 0 Å². The van der Waals surface area contributed by atoms with Gasteiger partial charge in [-0.15, -0.1) is 0 Å². The SMILES string of the molecule is Cc1ccc(Nc2c(C(=O)N3CC(NCC(C)C)C3)ccc(F)c2F)c(F)c1. The highest BCUT2D eigenvalue weighted by Crippen LogP contribution is 2.30. The molecule has 0 atom stereocenters. The summed E-state index contributed by atoms with van der Waals surface area (Å²) in [7, 11) is 0. The lowest BCUT2D eigenvalue weighted by Gasteiger charge is -2.40. The lowest BCUT2D eigenvalue weighted by Crippen LogP contribution is -2.60. The van der Waals surface area contributed by atoms with Crippen LogP contribution < -0.4 is 10.6 Å². The van der Waals surface area contributed by atoms with Crippen molar-refractivity contribution in [2.45, 2.75) is 26.8 Å². The number of carbonyl (C=O) groups excluding carboxylic acids is 1. The topological polar surface area (TPSA) is 44.4 Å². The van der Waals surface area contributed by atoms with Crippen LogP contribution in [0.15, 0.2) is 30.3 Å². The Hall–Kier alpha value is -2.54. The van der Waals surface area contributed by atoms with Gasteiger partial charge < -0.3 is 15.5 Å². The molecule has 0 aliphatic carbocycles. The van der Waals surface area contributed by atoms with Gasteiger partial charge in [-0.25, -0.2) is 13.2 Å². The number of aryl methyl sites for hydroxylation is 1. The first kappa shape index (κ1) is 20.2. The van der Waals surface area contributed by atoms with Crippen LogP contribution in [-0.4, -0.2) is 36.5 Å². The van der Waals surface area contributed by atoms with Crippen LogP contribution in [0.25, 0.3) is 0 Å². The highest BCUT2D eigenvalue weighted by atomic mass is 19.2. The Balaban J connectivity index is 1.80. The Morgan fingerprint density at radius 2 is 1.86 bits per heavy atom. The molecule has 3 rings (SSSR count). The molecule has 0 radical (unpaired) electrons. The van der Waals surface area contributed by atoms with E-state index >= 15 is 0 Å². The van der Waals surface area contributed by atoms with E-state index in [0.29, 0.717) is 24.6 Å². The second-order valence-corrected chi connectivity index (χ2v) is 7.60. The molecule has 7 heteroatoms. The van der Waals surface area contributed by atoms with Crippen molar-refractivity contribution in [1.82, 2.24) is 10.2 Å². The zero-order valence-corrected chi connectivity index (χ0v) is 16.2. The van der Waals surface area contributed by atoms with Gasteiger partial charge in [0.1, 0.15) is 5.82 Å². The number of likely N-dealkylation sites (tertiary alicyclic amines) is 1. The van der Waals surface area contributed by atoms with Crippen molar-refractivity contribution in [1.29, 1.82) is 0 Å². The minimum absolute atomic E-state index is 0.0239. The standard InChI is InChI=1S/C21H24F3N3O/c1-12(2)9-25-14-10-27(11-14)21(28)15-5-6-16(22)19(24)20(15)26-18-7-4-13(3)8-17(18)23/h4-8,12,14,25-26H,9-11H2,1-3H3. The molecular weight excluding hydrogens is 367 g/mol. The smallest absolute Gasteiger partial charge is 0.256 e. The summed E-state index contributed by atoms with van der Waals surface area (Å²) in [5, 5.41) is 5.91. The normalized spacial score (nSPS) is 14.3. The summed E-state index contributed by atoms with van der Waals surface area (Å²) in [6, 6.07) is 6.67. The zero-order chi connectivity index (χ0) is 20.4. The third-order valence-corrected chi connectivity index (χ3v) is 4.69. The third-order valence-electron chi connectivity index (χ3n) is 4.69. The van der Waals surface area contributed by atoms with Gasteiger partial charge in [0.25, 0.3) is 5.91 Å². The Morgan fingerprint density at radius 1 is 1.14 bits per heavy atom. The van der Waals surface area contributed by atoms with Gasteiger partial charge in [0.15, 0.2) is 11.6 Å². The Labute approximate surface area is 162 Å². The Kier molecular flexibility index (Phi) is 5.93. The molecule has 1 heterocycles. The summed E-state index contributed by atoms with van der Waals surface area (Å²) in [4.78, 5) is 14.4. The molecule has 2 aromatic carbocycles. The van der Waals surface area contributed by atoms with Gasteiger partial charge in [0, 0.05) is 19.1 Å². The number of nitrogens with one attached hydrogen (secondary N) is 2. The fraction of sp³-hybridized carbons (Fsp3) is 0.381. The summed E-state index contributed by atoms with van der Waals surface area (Å²) in [6.45, 7) is 7.73. The molecule has 1 aliphatic rings. The summed E-state index contributed by atoms with van der Waals surface area (Å²) < 4.78 is 42.4. The molecule has 0 spiro atoms. The fourth-order valence-corrected chi connectivity index (χ4v) is 3.05. The largest absolute Gasteiger partial charge is 0.350 e. The van der Waals surface area contributed by atoms with E-state index in [1.807, 2.05) is 0 Å². The minimum Gasteiger partial charge on any atom is -0.350 e. The van der Waals surface area contributed by atoms with E-state index in [9.17, 15) is 18.0 Å². The molecule has 0 saturated carbocycles. The first-order valence-electron chi connectivity index (χ1n) is 9.30. The van der Waals surface area contributed by atoms with Gasteiger partial charge in [0.05, 0.1) is 16.9 Å². The molecule has 1 aliphatic heterocycles. The molecule has 0 aromatic heterocycles. The Morgan fingerprint density at radius 3 is 2.50 bits per heavy atom. The summed E-state index contributed by atoms with van der Waals surface area (Å²) in [5.41, 5.74) is 0.288. The van der Waals surface area contributed by atoms with Crippen molar-refractivity contribution >= 4 is 17.3 Å². The number of anilines is 2. The molecule has 1 saturated heterocycles. The maximum absolute atomic E-state index is 14.4. The van der Waals surface area contributed by atoms with Crippen LogP contribution in [0.4, 0.5) is 24.5 Å². The highest BCUT2D eigenvalue weighted by molar-refractivity contribution is 6.01. The van der Waals surface area contributed by atoms with Gasteiger partial charge in [-0.1, -0.05) is 19.9 Å². The summed E-state index contributed by atoms with van der Waals surface area (Å²) in [6.07, 6.45) is 0. The van der Waals surface area contributed by atoms with Gasteiger partial charge >= 0.3 is 0 Å². The minimum atomic E-state index is -1.21. The average molecular weight is 391 g/mol. The zero-order valence-electron chi connectivity index (χ0n) is 16.2. The van der Waals surface area contributed by atoms with Gasteiger partial charge in [-0.3, -0.25) is 4.79 Å². The molecule has 1 fully saturated rings. The number of hydrogen-bond donors (Lipinski definition) is 2. The number of benzene rings is 2. The molecule has 0 unspecified atom stereocenters. The van der Waals surface area contributed by atoms with Crippen molar-refractivity contribution in [3.8, 4) is 0 Å². The van der Waals surface area contributed by atoms with Crippen molar-refractivity contribution < 1.29 is 18.0 Å². The predicted octanol–water partition coefficient (Wildman–Crippen LogP) is 4.23. The maximum Gasteiger partial charge on any atom is 0.256 e. The van der Waals surface area contributed by atoms with Crippen molar-refractivity contribution in [2.24, 2.45) is 5.92 Å². The lowest BCUT2D eigenvalue weighted by atomic mass is 10.0. The monoisotopic (exact) mass is 391 g/mol. The van der Waals surface area contributed by atoms with Crippen molar-refractivity contribution in [3.63, 3.8) is 0 Å². The van der Waals surface area contributed by atoms with Crippen molar-refractivity contribution in [2.75, 3.05) is 25.0 Å². The van der Waals surface area contributed by atoms with Crippen LogP contribution in [0.5, 0.6) is 0 Å². The first-order chi connectivity index (χ1) is 13.3. The maximum atomic E-state index is 14.4. The summed E-state index contributed by atoms with van der Waals surface area (Å²) >= 11 is 0. The van der Waals surface area contributed by atoms with Crippen LogP contribution >= 0.6 is 0 Å². The van der Waals surface area contributed by atoms with Crippen LogP contribution in [0.2, 0.25) is 0 Å². The quantitative estimate of drug-likeness (QED) is 0.775. The molecule has 2 N–H and O–H groups in total. The predicted molar refractivity (Wildman–Crippen MR) is 103 cm³/mol. The van der Waals surface area contributed by atoms with E-state index in [0.717, 1.165) is 12.6 Å². The van der Waals surface area contributed by atoms with E-state index in [1.54, 1.807) is 17.9 Å². The average Bonchev–Trinajstić information content (AvgIpc) is 2.59. The first-order valence-corrected chi connectivity index (χ1v) is 9.30. The molecule has 150 valence electrons. The Bertz CT molecular complexity index is 879. The number of halogens is 3. The van der Waals surface area contributed by atoms with E-state index < -0.39 is 23.4 Å². The van der Waals surface area contributed by atoms with E-state index in [1.165, 1.54) is 18.2 Å². The van der Waals surface area contributed by atoms with Gasteiger partial charge in [-0.2, -0.15) is 0 Å². The molecular formula is C21H24F3N3O. The third kappa shape index (κ3) is 4.30. The lowest BCUT2D eigenvalue weighted by molar-refractivity contribution is 0.0565. The molecule has 28 heavy (non-hydrogen) atoms. The van der Waals surface area contributed by atoms with Crippen LogP contribution in [0.1, 0.15) is 29.8 Å². The molecule has 1 amide bonds. The molecule has 0 bridgehead atoms. The number of amides is 1. The second kappa shape index (κ2) is 8.22. The molecule has 2 aromatic rings. The van der Waals surface area contributed by atoms with Gasteiger partial charge in [0.2, 0.25) is 0 Å².